The maximum absolute atomic E-state index is 11.0. The largest absolute Gasteiger partial charge is 0.493 e. The number of aliphatic carboxylic acids is 1. The molecule has 0 bridgehead atoms. The molecule has 0 heterocycles. The van der Waals surface area contributed by atoms with Gasteiger partial charge in [-0.15, -0.1) is 0 Å². The van der Waals surface area contributed by atoms with Crippen LogP contribution in [0.5, 0.6) is 5.75 Å². The minimum absolute atomic E-state index is 0.289. The summed E-state index contributed by atoms with van der Waals surface area (Å²) in [6.45, 7) is 8.48. The zero-order valence-electron chi connectivity index (χ0n) is 13.0. The fourth-order valence-electron chi connectivity index (χ4n) is 2.02. The predicted molar refractivity (Wildman–Crippen MR) is 83.4 cm³/mol. The Labute approximate surface area is 131 Å². The van der Waals surface area contributed by atoms with Gasteiger partial charge in [-0.3, -0.25) is 0 Å². The van der Waals surface area contributed by atoms with Gasteiger partial charge in [0.05, 0.1) is 6.61 Å². The molecule has 0 radical (unpaired) electrons. The molecule has 0 saturated heterocycles. The summed E-state index contributed by atoms with van der Waals surface area (Å²) in [6, 6.07) is 3.81. The average Bonchev–Trinajstić information content (AvgIpc) is 2.39. The summed E-state index contributed by atoms with van der Waals surface area (Å²) >= 11 is 6.21. The van der Waals surface area contributed by atoms with E-state index >= 15 is 0 Å². The van der Waals surface area contributed by atoms with Crippen LogP contribution in [0.4, 0.5) is 0 Å². The second kappa shape index (κ2) is 8.25. The third kappa shape index (κ3) is 5.21. The van der Waals surface area contributed by atoms with Crippen molar-refractivity contribution in [3.8, 4) is 5.75 Å². The molecular formula is C16H23ClO4. The second-order valence-corrected chi connectivity index (χ2v) is 5.62. The first-order valence-electron chi connectivity index (χ1n) is 7.14. The predicted octanol–water partition coefficient (Wildman–Crippen LogP) is 4.03. The minimum Gasteiger partial charge on any atom is -0.493 e. The molecule has 1 atom stereocenters. The highest BCUT2D eigenvalue weighted by atomic mass is 35.5. The van der Waals surface area contributed by atoms with E-state index in [-0.39, 0.29) is 6.61 Å². The lowest BCUT2D eigenvalue weighted by Gasteiger charge is -2.16. The third-order valence-electron chi connectivity index (χ3n) is 3.20. The van der Waals surface area contributed by atoms with Crippen molar-refractivity contribution in [3.05, 3.63) is 28.3 Å². The van der Waals surface area contributed by atoms with E-state index in [2.05, 4.69) is 13.8 Å². The van der Waals surface area contributed by atoms with E-state index in [4.69, 9.17) is 26.2 Å². The van der Waals surface area contributed by atoms with Crippen LogP contribution in [0.25, 0.3) is 0 Å². The first-order valence-corrected chi connectivity index (χ1v) is 7.51. The van der Waals surface area contributed by atoms with E-state index in [0.29, 0.717) is 18.9 Å². The van der Waals surface area contributed by atoms with Crippen molar-refractivity contribution in [2.75, 3.05) is 13.2 Å². The molecule has 0 aliphatic carbocycles. The summed E-state index contributed by atoms with van der Waals surface area (Å²) in [5, 5.41) is 9.74. The number of hydrogen-bond acceptors (Lipinski definition) is 3. The van der Waals surface area contributed by atoms with Crippen molar-refractivity contribution in [2.45, 2.75) is 46.1 Å². The van der Waals surface area contributed by atoms with Crippen molar-refractivity contribution >= 4 is 17.6 Å². The Morgan fingerprint density at radius 2 is 2.05 bits per heavy atom. The Hall–Kier alpha value is -1.26. The van der Waals surface area contributed by atoms with Crippen molar-refractivity contribution < 1.29 is 19.4 Å². The van der Waals surface area contributed by atoms with Crippen LogP contribution in [0.15, 0.2) is 12.1 Å². The number of aryl methyl sites for hydroxylation is 1. The molecule has 1 N–H and O–H groups in total. The zero-order chi connectivity index (χ0) is 16.0. The summed E-state index contributed by atoms with van der Waals surface area (Å²) in [6.07, 6.45) is -0.519. The monoisotopic (exact) mass is 314 g/mol. The van der Waals surface area contributed by atoms with E-state index in [1.54, 1.807) is 6.92 Å². The van der Waals surface area contributed by atoms with Crippen molar-refractivity contribution in [2.24, 2.45) is 0 Å². The number of halogens is 1. The second-order valence-electron chi connectivity index (χ2n) is 5.21. The molecule has 5 heteroatoms. The van der Waals surface area contributed by atoms with Gasteiger partial charge >= 0.3 is 5.97 Å². The van der Waals surface area contributed by atoms with Crippen LogP contribution in [0, 0.1) is 6.92 Å². The highest BCUT2D eigenvalue weighted by Crippen LogP contribution is 2.31. The average molecular weight is 315 g/mol. The molecule has 4 nitrogen and oxygen atoms in total. The molecule has 0 amide bonds. The van der Waals surface area contributed by atoms with E-state index in [1.807, 2.05) is 19.1 Å². The Bertz CT molecular complexity index is 485. The molecule has 21 heavy (non-hydrogen) atoms. The molecule has 0 spiro atoms. The maximum Gasteiger partial charge on any atom is 0.332 e. The molecule has 0 aliphatic heterocycles. The van der Waals surface area contributed by atoms with Crippen molar-refractivity contribution in [1.29, 1.82) is 0 Å². The van der Waals surface area contributed by atoms with Crippen LogP contribution >= 0.6 is 11.6 Å². The van der Waals surface area contributed by atoms with Gasteiger partial charge in [-0.25, -0.2) is 4.79 Å². The summed E-state index contributed by atoms with van der Waals surface area (Å²) in [5.41, 5.74) is 1.96. The van der Waals surface area contributed by atoms with Gasteiger partial charge in [-0.2, -0.15) is 0 Å². The van der Waals surface area contributed by atoms with E-state index in [0.717, 1.165) is 21.9 Å². The minimum atomic E-state index is -0.962. The van der Waals surface area contributed by atoms with Gasteiger partial charge in [-0.05, 0) is 43.0 Å². The molecule has 1 rings (SSSR count). The molecule has 0 aromatic heterocycles. The van der Waals surface area contributed by atoms with Gasteiger partial charge in [0.2, 0.25) is 0 Å². The number of ether oxygens (including phenoxy) is 2. The van der Waals surface area contributed by atoms with Crippen LogP contribution in [0.3, 0.4) is 0 Å². The summed E-state index contributed by atoms with van der Waals surface area (Å²) in [5.74, 6) is 0.0792. The van der Waals surface area contributed by atoms with Gasteiger partial charge < -0.3 is 14.6 Å². The van der Waals surface area contributed by atoms with Gasteiger partial charge in [0, 0.05) is 18.1 Å². The number of carboxylic acid groups (broad SMARTS) is 1. The molecule has 1 aromatic carbocycles. The molecule has 0 aliphatic rings. The number of carboxylic acids is 1. The Morgan fingerprint density at radius 1 is 1.38 bits per heavy atom. The standard InChI is InChI=1S/C16H23ClO4/c1-5-20-14(16(18)19)6-7-21-15-9-12(10(2)3)13(17)8-11(15)4/h8-10,14H,5-7H2,1-4H3,(H,18,19). The van der Waals surface area contributed by atoms with Crippen molar-refractivity contribution in [1.82, 2.24) is 0 Å². The van der Waals surface area contributed by atoms with Crippen LogP contribution in [0.1, 0.15) is 44.2 Å². The lowest BCUT2D eigenvalue weighted by Crippen LogP contribution is -2.26. The van der Waals surface area contributed by atoms with Gasteiger partial charge in [0.15, 0.2) is 6.10 Å². The summed E-state index contributed by atoms with van der Waals surface area (Å²) in [7, 11) is 0. The smallest absolute Gasteiger partial charge is 0.332 e. The molecule has 0 saturated carbocycles. The van der Waals surface area contributed by atoms with Crippen molar-refractivity contribution in [3.63, 3.8) is 0 Å². The van der Waals surface area contributed by atoms with Gasteiger partial charge in [0.25, 0.3) is 0 Å². The Balaban J connectivity index is 2.71. The van der Waals surface area contributed by atoms with E-state index < -0.39 is 12.1 Å². The lowest BCUT2D eigenvalue weighted by atomic mass is 10.0. The van der Waals surface area contributed by atoms with Crippen LogP contribution in [-0.2, 0) is 9.53 Å². The number of carbonyl (C=O) groups is 1. The molecule has 1 aromatic rings. The normalized spacial score (nSPS) is 12.5. The quantitative estimate of drug-likeness (QED) is 0.787. The summed E-state index contributed by atoms with van der Waals surface area (Å²) < 4.78 is 10.9. The lowest BCUT2D eigenvalue weighted by molar-refractivity contribution is -0.150. The Morgan fingerprint density at radius 3 is 2.57 bits per heavy atom. The molecule has 1 unspecified atom stereocenters. The van der Waals surface area contributed by atoms with Gasteiger partial charge in [-0.1, -0.05) is 25.4 Å². The Kier molecular flexibility index (Phi) is 6.99. The number of hydrogen-bond donors (Lipinski definition) is 1. The van der Waals surface area contributed by atoms with E-state index in [9.17, 15) is 4.79 Å². The van der Waals surface area contributed by atoms with Gasteiger partial charge in [0.1, 0.15) is 5.75 Å². The highest BCUT2D eigenvalue weighted by molar-refractivity contribution is 6.31. The first-order chi connectivity index (χ1) is 9.86. The van der Waals surface area contributed by atoms with Crippen LogP contribution < -0.4 is 4.74 Å². The zero-order valence-corrected chi connectivity index (χ0v) is 13.7. The molecule has 0 fully saturated rings. The maximum atomic E-state index is 11.0. The van der Waals surface area contributed by atoms with Crippen LogP contribution in [-0.4, -0.2) is 30.4 Å². The van der Waals surface area contributed by atoms with E-state index in [1.165, 1.54) is 0 Å². The molecule has 118 valence electrons. The fourth-order valence-corrected chi connectivity index (χ4v) is 2.46. The first kappa shape index (κ1) is 17.8. The topological polar surface area (TPSA) is 55.8 Å². The third-order valence-corrected chi connectivity index (χ3v) is 3.52. The highest BCUT2D eigenvalue weighted by Gasteiger charge is 2.17. The number of rotatable bonds is 8. The SMILES string of the molecule is CCOC(CCOc1cc(C(C)C)c(Cl)cc1C)C(=O)O. The fraction of sp³-hybridized carbons (Fsp3) is 0.562. The van der Waals surface area contributed by atoms with Crippen LogP contribution in [0.2, 0.25) is 5.02 Å². The number of benzene rings is 1. The molecular weight excluding hydrogens is 292 g/mol. The summed E-state index contributed by atoms with van der Waals surface area (Å²) in [4.78, 5) is 11.0.